The third kappa shape index (κ3) is 4.48. The van der Waals surface area contributed by atoms with Gasteiger partial charge in [0.05, 0.1) is 12.3 Å². The van der Waals surface area contributed by atoms with Crippen molar-refractivity contribution in [1.29, 1.82) is 0 Å². The van der Waals surface area contributed by atoms with Crippen LogP contribution in [0.5, 0.6) is 5.75 Å². The molecule has 3 heteroatoms. The lowest BCUT2D eigenvalue weighted by Gasteiger charge is -2.11. The number of para-hydroxylation sites is 1. The number of benzene rings is 2. The van der Waals surface area contributed by atoms with Crippen LogP contribution in [0.1, 0.15) is 30.9 Å². The maximum absolute atomic E-state index is 13.7. The Morgan fingerprint density at radius 3 is 2.52 bits per heavy atom. The minimum absolute atomic E-state index is 0.213. The van der Waals surface area contributed by atoms with E-state index in [0.717, 1.165) is 36.3 Å². The predicted octanol–water partition coefficient (Wildman–Crippen LogP) is 4.93. The highest BCUT2D eigenvalue weighted by atomic mass is 19.1. The molecule has 0 aliphatic carbocycles. The summed E-state index contributed by atoms with van der Waals surface area (Å²) in [5, 5.41) is 3.15. The molecule has 0 amide bonds. The van der Waals surface area contributed by atoms with E-state index < -0.39 is 0 Å². The van der Waals surface area contributed by atoms with Gasteiger partial charge in [0.15, 0.2) is 0 Å². The van der Waals surface area contributed by atoms with Crippen LogP contribution < -0.4 is 10.1 Å². The molecule has 0 aliphatic heterocycles. The highest BCUT2D eigenvalue weighted by Gasteiger charge is 2.04. The molecule has 112 valence electrons. The number of unbranched alkanes of at least 4 members (excludes halogenated alkanes) is 1. The summed E-state index contributed by atoms with van der Waals surface area (Å²) in [6.45, 7) is 5.39. The number of halogens is 1. The smallest absolute Gasteiger partial charge is 0.146 e. The van der Waals surface area contributed by atoms with Crippen molar-refractivity contribution in [2.45, 2.75) is 33.2 Å². The molecule has 0 spiro atoms. The molecule has 21 heavy (non-hydrogen) atoms. The van der Waals surface area contributed by atoms with E-state index in [2.05, 4.69) is 12.2 Å². The van der Waals surface area contributed by atoms with Crippen molar-refractivity contribution < 1.29 is 9.13 Å². The Kier molecular flexibility index (Phi) is 5.61. The van der Waals surface area contributed by atoms with Gasteiger partial charge in [0.2, 0.25) is 0 Å². The van der Waals surface area contributed by atoms with E-state index in [1.165, 1.54) is 6.07 Å². The van der Waals surface area contributed by atoms with E-state index in [4.69, 9.17) is 4.74 Å². The molecule has 0 bridgehead atoms. The molecular formula is C18H22FNO. The van der Waals surface area contributed by atoms with Crippen molar-refractivity contribution in [1.82, 2.24) is 0 Å². The van der Waals surface area contributed by atoms with E-state index in [-0.39, 0.29) is 5.82 Å². The number of nitrogens with one attached hydrogen (secondary N) is 1. The zero-order chi connectivity index (χ0) is 15.1. The van der Waals surface area contributed by atoms with Crippen LogP contribution >= 0.6 is 0 Å². The van der Waals surface area contributed by atoms with Crippen LogP contribution in [0.2, 0.25) is 0 Å². The first kappa shape index (κ1) is 15.4. The Morgan fingerprint density at radius 2 is 1.86 bits per heavy atom. The molecule has 0 aliphatic rings. The number of ether oxygens (including phenoxy) is 1. The molecule has 0 fully saturated rings. The van der Waals surface area contributed by atoms with Crippen molar-refractivity contribution in [3.05, 3.63) is 59.4 Å². The second-order valence-corrected chi connectivity index (χ2v) is 5.13. The third-order valence-electron chi connectivity index (χ3n) is 3.38. The summed E-state index contributed by atoms with van der Waals surface area (Å²) < 4.78 is 19.3. The Morgan fingerprint density at radius 1 is 1.10 bits per heavy atom. The number of anilines is 1. The maximum Gasteiger partial charge on any atom is 0.146 e. The fraction of sp³-hybridized carbons (Fsp3) is 0.333. The fourth-order valence-corrected chi connectivity index (χ4v) is 2.08. The molecule has 0 unspecified atom stereocenters. The van der Waals surface area contributed by atoms with Gasteiger partial charge in [-0.2, -0.15) is 0 Å². The summed E-state index contributed by atoms with van der Waals surface area (Å²) in [4.78, 5) is 0. The second kappa shape index (κ2) is 7.67. The average Bonchev–Trinajstić information content (AvgIpc) is 2.48. The zero-order valence-electron chi connectivity index (χ0n) is 12.7. The van der Waals surface area contributed by atoms with Crippen LogP contribution in [-0.4, -0.2) is 6.61 Å². The highest BCUT2D eigenvalue weighted by molar-refractivity contribution is 5.52. The SMILES string of the molecule is CCCCOc1ccc(CNc2c(C)cccc2F)cc1. The summed E-state index contributed by atoms with van der Waals surface area (Å²) >= 11 is 0. The van der Waals surface area contributed by atoms with Gasteiger partial charge in [-0.05, 0) is 42.7 Å². The molecule has 2 aromatic carbocycles. The van der Waals surface area contributed by atoms with Gasteiger partial charge in [-0.1, -0.05) is 37.6 Å². The first-order valence-corrected chi connectivity index (χ1v) is 7.41. The Bertz CT molecular complexity index is 546. The van der Waals surface area contributed by atoms with Gasteiger partial charge >= 0.3 is 0 Å². The molecule has 1 N–H and O–H groups in total. The van der Waals surface area contributed by atoms with Crippen LogP contribution in [0, 0.1) is 12.7 Å². The predicted molar refractivity (Wildman–Crippen MR) is 85.3 cm³/mol. The van der Waals surface area contributed by atoms with Crippen LogP contribution in [-0.2, 0) is 6.54 Å². The van der Waals surface area contributed by atoms with Crippen molar-refractivity contribution in [3.63, 3.8) is 0 Å². The van der Waals surface area contributed by atoms with Crippen molar-refractivity contribution >= 4 is 5.69 Å². The lowest BCUT2D eigenvalue weighted by molar-refractivity contribution is 0.309. The van der Waals surface area contributed by atoms with Gasteiger partial charge in [0.25, 0.3) is 0 Å². The highest BCUT2D eigenvalue weighted by Crippen LogP contribution is 2.20. The zero-order valence-corrected chi connectivity index (χ0v) is 12.7. The van der Waals surface area contributed by atoms with Gasteiger partial charge in [-0.15, -0.1) is 0 Å². The van der Waals surface area contributed by atoms with Crippen molar-refractivity contribution in [3.8, 4) is 5.75 Å². The van der Waals surface area contributed by atoms with Crippen molar-refractivity contribution in [2.75, 3.05) is 11.9 Å². The third-order valence-corrected chi connectivity index (χ3v) is 3.38. The Labute approximate surface area is 126 Å². The molecule has 2 aromatic rings. The molecule has 0 saturated carbocycles. The summed E-state index contributed by atoms with van der Waals surface area (Å²) in [5.74, 6) is 0.670. The summed E-state index contributed by atoms with van der Waals surface area (Å²) in [7, 11) is 0. The quantitative estimate of drug-likeness (QED) is 0.729. The Hall–Kier alpha value is -2.03. The molecule has 0 atom stereocenters. The van der Waals surface area contributed by atoms with E-state index in [0.29, 0.717) is 12.2 Å². The van der Waals surface area contributed by atoms with Crippen LogP contribution in [0.4, 0.5) is 10.1 Å². The Balaban J connectivity index is 1.92. The number of hydrogen-bond acceptors (Lipinski definition) is 2. The van der Waals surface area contributed by atoms with E-state index in [9.17, 15) is 4.39 Å². The van der Waals surface area contributed by atoms with Crippen molar-refractivity contribution in [2.24, 2.45) is 0 Å². The van der Waals surface area contributed by atoms with Gasteiger partial charge in [0.1, 0.15) is 11.6 Å². The van der Waals surface area contributed by atoms with Gasteiger partial charge < -0.3 is 10.1 Å². The molecule has 0 saturated heterocycles. The molecule has 2 nitrogen and oxygen atoms in total. The largest absolute Gasteiger partial charge is 0.494 e. The first-order valence-electron chi connectivity index (χ1n) is 7.41. The lowest BCUT2D eigenvalue weighted by atomic mass is 10.1. The standard InChI is InChI=1S/C18H22FNO/c1-3-4-12-21-16-10-8-15(9-11-16)13-20-18-14(2)6-5-7-17(18)19/h5-11,20H,3-4,12-13H2,1-2H3. The topological polar surface area (TPSA) is 21.3 Å². The van der Waals surface area contributed by atoms with Gasteiger partial charge in [0, 0.05) is 6.54 Å². The normalized spacial score (nSPS) is 10.4. The minimum atomic E-state index is -0.213. The van der Waals surface area contributed by atoms with E-state index >= 15 is 0 Å². The molecule has 0 radical (unpaired) electrons. The number of rotatable bonds is 7. The summed E-state index contributed by atoms with van der Waals surface area (Å²) in [5.41, 5.74) is 2.58. The van der Waals surface area contributed by atoms with Crippen LogP contribution in [0.3, 0.4) is 0 Å². The number of hydrogen-bond donors (Lipinski definition) is 1. The van der Waals surface area contributed by atoms with Crippen LogP contribution in [0.25, 0.3) is 0 Å². The number of aryl methyl sites for hydroxylation is 1. The summed E-state index contributed by atoms with van der Waals surface area (Å²) in [6, 6.07) is 13.0. The molecule has 0 aromatic heterocycles. The van der Waals surface area contributed by atoms with Gasteiger partial charge in [-0.25, -0.2) is 4.39 Å². The molecule has 0 heterocycles. The van der Waals surface area contributed by atoms with Gasteiger partial charge in [-0.3, -0.25) is 0 Å². The lowest BCUT2D eigenvalue weighted by Crippen LogP contribution is -2.03. The minimum Gasteiger partial charge on any atom is -0.494 e. The van der Waals surface area contributed by atoms with Crippen LogP contribution in [0.15, 0.2) is 42.5 Å². The summed E-state index contributed by atoms with van der Waals surface area (Å²) in [6.07, 6.45) is 2.19. The maximum atomic E-state index is 13.7. The van der Waals surface area contributed by atoms with E-state index in [1.54, 1.807) is 6.07 Å². The second-order valence-electron chi connectivity index (χ2n) is 5.13. The molecule has 2 rings (SSSR count). The first-order chi connectivity index (χ1) is 10.2. The van der Waals surface area contributed by atoms with E-state index in [1.807, 2.05) is 37.3 Å². The monoisotopic (exact) mass is 287 g/mol. The average molecular weight is 287 g/mol. The molecular weight excluding hydrogens is 265 g/mol. The fourth-order valence-electron chi connectivity index (χ4n) is 2.08.